The van der Waals surface area contributed by atoms with Gasteiger partial charge in [-0.25, -0.2) is 0 Å². The minimum atomic E-state index is -0.372. The highest BCUT2D eigenvalue weighted by Crippen LogP contribution is 2.39. The Hall–Kier alpha value is -0.690. The zero-order chi connectivity index (χ0) is 18.0. The summed E-state index contributed by atoms with van der Waals surface area (Å²) < 4.78 is 17.7. The van der Waals surface area contributed by atoms with Crippen LogP contribution in [0.3, 0.4) is 0 Å². The Morgan fingerprint density at radius 1 is 1.15 bits per heavy atom. The third kappa shape index (κ3) is 4.08. The maximum Gasteiger partial charge on any atom is 0.237 e. The average molecular weight is 367 g/mol. The average Bonchev–Trinajstić information content (AvgIpc) is 3.31. The van der Waals surface area contributed by atoms with Crippen molar-refractivity contribution in [1.29, 1.82) is 0 Å². The van der Waals surface area contributed by atoms with E-state index in [0.717, 1.165) is 64.2 Å². The van der Waals surface area contributed by atoms with E-state index in [4.69, 9.17) is 14.2 Å². The number of hydrogen-bond acceptors (Lipinski definition) is 5. The van der Waals surface area contributed by atoms with Gasteiger partial charge in [0.25, 0.3) is 0 Å². The van der Waals surface area contributed by atoms with Crippen LogP contribution in [0.2, 0.25) is 0 Å². The standard InChI is InChI=1S/C20H34N2O4/c1-15-4-8-20(9-5-15)25-14-17(26-20)13-21-19(23)18-3-2-10-22(18)16-6-11-24-12-7-16/h15-18H,2-14H2,1H3,(H,21,23). The molecule has 2 atom stereocenters. The minimum absolute atomic E-state index is 0.00899. The maximum absolute atomic E-state index is 12.8. The lowest BCUT2D eigenvalue weighted by Crippen LogP contribution is -2.50. The molecule has 0 radical (unpaired) electrons. The molecule has 0 bridgehead atoms. The van der Waals surface area contributed by atoms with Gasteiger partial charge in [-0.15, -0.1) is 0 Å². The molecule has 4 aliphatic rings. The van der Waals surface area contributed by atoms with Crippen LogP contribution in [0.15, 0.2) is 0 Å². The van der Waals surface area contributed by atoms with Crippen LogP contribution in [0, 0.1) is 5.92 Å². The lowest BCUT2D eigenvalue weighted by atomic mass is 9.86. The fraction of sp³-hybridized carbons (Fsp3) is 0.950. The Morgan fingerprint density at radius 2 is 1.92 bits per heavy atom. The molecule has 6 heteroatoms. The molecule has 148 valence electrons. The third-order valence-corrected chi connectivity index (χ3v) is 6.71. The van der Waals surface area contributed by atoms with Crippen molar-refractivity contribution in [1.82, 2.24) is 10.2 Å². The molecule has 1 amide bonds. The molecule has 1 N–H and O–H groups in total. The van der Waals surface area contributed by atoms with E-state index in [1.165, 1.54) is 12.8 Å². The van der Waals surface area contributed by atoms with Gasteiger partial charge in [0.05, 0.1) is 12.6 Å². The topological polar surface area (TPSA) is 60.0 Å². The van der Waals surface area contributed by atoms with E-state index in [1.807, 2.05) is 0 Å². The highest BCUT2D eigenvalue weighted by Gasteiger charge is 2.44. The largest absolute Gasteiger partial charge is 0.381 e. The number of carbonyl (C=O) groups excluding carboxylic acids is 1. The molecule has 0 aromatic carbocycles. The first kappa shape index (κ1) is 18.7. The number of nitrogens with zero attached hydrogens (tertiary/aromatic N) is 1. The normalized spacial score (nSPS) is 39.5. The Bertz CT molecular complexity index is 486. The number of amides is 1. The fourth-order valence-corrected chi connectivity index (χ4v) is 5.04. The van der Waals surface area contributed by atoms with Crippen molar-refractivity contribution in [3.63, 3.8) is 0 Å². The van der Waals surface area contributed by atoms with Crippen LogP contribution in [-0.4, -0.2) is 67.7 Å². The molecule has 1 aliphatic carbocycles. The van der Waals surface area contributed by atoms with Gasteiger partial charge in [0.15, 0.2) is 5.79 Å². The fourth-order valence-electron chi connectivity index (χ4n) is 5.04. The first-order valence-electron chi connectivity index (χ1n) is 10.6. The Morgan fingerprint density at radius 3 is 2.69 bits per heavy atom. The van der Waals surface area contributed by atoms with Gasteiger partial charge in [0, 0.05) is 38.6 Å². The van der Waals surface area contributed by atoms with Crippen LogP contribution in [0.5, 0.6) is 0 Å². The molecule has 1 spiro atoms. The monoisotopic (exact) mass is 366 g/mol. The summed E-state index contributed by atoms with van der Waals surface area (Å²) >= 11 is 0. The van der Waals surface area contributed by atoms with E-state index in [1.54, 1.807) is 0 Å². The number of carbonyl (C=O) groups is 1. The number of nitrogens with one attached hydrogen (secondary N) is 1. The Labute approximate surface area is 156 Å². The van der Waals surface area contributed by atoms with E-state index in [2.05, 4.69) is 17.1 Å². The van der Waals surface area contributed by atoms with Crippen molar-refractivity contribution in [3.8, 4) is 0 Å². The predicted molar refractivity (Wildman–Crippen MR) is 97.8 cm³/mol. The molecule has 6 nitrogen and oxygen atoms in total. The molecule has 2 unspecified atom stereocenters. The summed E-state index contributed by atoms with van der Waals surface area (Å²) in [6, 6.07) is 0.519. The third-order valence-electron chi connectivity index (χ3n) is 6.71. The second-order valence-electron chi connectivity index (χ2n) is 8.63. The van der Waals surface area contributed by atoms with Crippen molar-refractivity contribution in [3.05, 3.63) is 0 Å². The summed E-state index contributed by atoms with van der Waals surface area (Å²) in [5.41, 5.74) is 0. The van der Waals surface area contributed by atoms with Gasteiger partial charge in [0.2, 0.25) is 5.91 Å². The van der Waals surface area contributed by atoms with E-state index >= 15 is 0 Å². The molecule has 0 aromatic rings. The second kappa shape index (κ2) is 8.13. The van der Waals surface area contributed by atoms with E-state index in [9.17, 15) is 4.79 Å². The molecular weight excluding hydrogens is 332 g/mol. The predicted octanol–water partition coefficient (Wildman–Crippen LogP) is 2.07. The number of likely N-dealkylation sites (tertiary alicyclic amines) is 1. The summed E-state index contributed by atoms with van der Waals surface area (Å²) in [6.07, 6.45) is 8.46. The first-order chi connectivity index (χ1) is 12.7. The highest BCUT2D eigenvalue weighted by molar-refractivity contribution is 5.82. The molecule has 3 saturated heterocycles. The molecule has 4 rings (SSSR count). The second-order valence-corrected chi connectivity index (χ2v) is 8.63. The zero-order valence-corrected chi connectivity index (χ0v) is 16.1. The summed E-state index contributed by atoms with van der Waals surface area (Å²) in [7, 11) is 0. The van der Waals surface area contributed by atoms with E-state index in [0.29, 0.717) is 19.2 Å². The molecular formula is C20H34N2O4. The Balaban J connectivity index is 1.25. The summed E-state index contributed by atoms with van der Waals surface area (Å²) in [6.45, 7) is 6.14. The number of hydrogen-bond donors (Lipinski definition) is 1. The van der Waals surface area contributed by atoms with E-state index in [-0.39, 0.29) is 23.8 Å². The van der Waals surface area contributed by atoms with Crippen molar-refractivity contribution in [2.24, 2.45) is 5.92 Å². The summed E-state index contributed by atoms with van der Waals surface area (Å²) in [5.74, 6) is 0.560. The van der Waals surface area contributed by atoms with Crippen LogP contribution in [0.25, 0.3) is 0 Å². The zero-order valence-electron chi connectivity index (χ0n) is 16.1. The van der Waals surface area contributed by atoms with Gasteiger partial charge in [0.1, 0.15) is 6.10 Å². The van der Waals surface area contributed by atoms with E-state index < -0.39 is 0 Å². The molecule has 3 aliphatic heterocycles. The van der Waals surface area contributed by atoms with Crippen molar-refractivity contribution in [2.75, 3.05) is 32.9 Å². The number of rotatable bonds is 4. The van der Waals surface area contributed by atoms with Crippen molar-refractivity contribution in [2.45, 2.75) is 82.3 Å². The van der Waals surface area contributed by atoms with Gasteiger partial charge >= 0.3 is 0 Å². The Kier molecular flexibility index (Phi) is 5.84. The van der Waals surface area contributed by atoms with Crippen LogP contribution < -0.4 is 5.32 Å². The van der Waals surface area contributed by atoms with Gasteiger partial charge in [-0.2, -0.15) is 0 Å². The van der Waals surface area contributed by atoms with Crippen molar-refractivity contribution < 1.29 is 19.0 Å². The summed E-state index contributed by atoms with van der Waals surface area (Å²) in [4.78, 5) is 15.2. The smallest absolute Gasteiger partial charge is 0.237 e. The quantitative estimate of drug-likeness (QED) is 0.825. The summed E-state index contributed by atoms with van der Waals surface area (Å²) in [5, 5.41) is 3.15. The highest BCUT2D eigenvalue weighted by atomic mass is 16.7. The first-order valence-corrected chi connectivity index (χ1v) is 10.6. The van der Waals surface area contributed by atoms with Crippen LogP contribution in [0.1, 0.15) is 58.3 Å². The molecule has 3 heterocycles. The molecule has 4 fully saturated rings. The van der Waals surface area contributed by atoms with Crippen LogP contribution >= 0.6 is 0 Å². The van der Waals surface area contributed by atoms with Gasteiger partial charge in [-0.05, 0) is 51.0 Å². The van der Waals surface area contributed by atoms with Crippen LogP contribution in [-0.2, 0) is 19.0 Å². The molecule has 26 heavy (non-hydrogen) atoms. The van der Waals surface area contributed by atoms with Gasteiger partial charge < -0.3 is 19.5 Å². The van der Waals surface area contributed by atoms with Crippen LogP contribution in [0.4, 0.5) is 0 Å². The molecule has 1 saturated carbocycles. The van der Waals surface area contributed by atoms with Crippen molar-refractivity contribution >= 4 is 5.91 Å². The maximum atomic E-state index is 12.8. The SMILES string of the molecule is CC1CCC2(CC1)OCC(CNC(=O)C1CCCN1C1CCOCC1)O2. The van der Waals surface area contributed by atoms with Gasteiger partial charge in [-0.1, -0.05) is 6.92 Å². The lowest BCUT2D eigenvalue weighted by molar-refractivity contribution is -0.191. The number of ether oxygens (including phenoxy) is 3. The minimum Gasteiger partial charge on any atom is -0.381 e. The lowest BCUT2D eigenvalue weighted by Gasteiger charge is -2.35. The molecule has 0 aromatic heterocycles. The van der Waals surface area contributed by atoms with Gasteiger partial charge in [-0.3, -0.25) is 9.69 Å².